The minimum Gasteiger partial charge on any atom is -0.484 e. The molecule has 2 amide bonds. The third kappa shape index (κ3) is 4.97. The standard InChI is InChI=1S/C23H26N4O3/c1-16-11-17(2)13-19(12-16)24-23(28)27-10-6-7-18(14-27)22-25-21(30-26-22)15-29-20-8-4-3-5-9-20/h3-5,8-9,11-13,18H,6-7,10,14-15H2,1-2H3,(H,24,28). The Hall–Kier alpha value is -3.35. The summed E-state index contributed by atoms with van der Waals surface area (Å²) in [6.07, 6.45) is 1.82. The average Bonchev–Trinajstić information content (AvgIpc) is 3.21. The molecule has 0 spiro atoms. The van der Waals surface area contributed by atoms with Gasteiger partial charge in [-0.2, -0.15) is 4.98 Å². The zero-order chi connectivity index (χ0) is 20.9. The van der Waals surface area contributed by atoms with Crippen molar-refractivity contribution in [2.24, 2.45) is 0 Å². The fourth-order valence-electron chi connectivity index (χ4n) is 3.78. The van der Waals surface area contributed by atoms with E-state index in [0.717, 1.165) is 42.0 Å². The van der Waals surface area contributed by atoms with Crippen LogP contribution in [0.1, 0.15) is 41.6 Å². The number of likely N-dealkylation sites (tertiary alicyclic amines) is 1. The number of piperidine rings is 1. The Kier molecular flexibility index (Phi) is 5.97. The van der Waals surface area contributed by atoms with Gasteiger partial charge in [0, 0.05) is 24.7 Å². The molecular weight excluding hydrogens is 380 g/mol. The van der Waals surface area contributed by atoms with E-state index in [1.807, 2.05) is 61.2 Å². The highest BCUT2D eigenvalue weighted by molar-refractivity contribution is 5.89. The van der Waals surface area contributed by atoms with Crippen LogP contribution in [0.3, 0.4) is 0 Å². The van der Waals surface area contributed by atoms with Crippen LogP contribution in [-0.4, -0.2) is 34.2 Å². The molecule has 7 heteroatoms. The first kappa shape index (κ1) is 19.9. The maximum atomic E-state index is 12.8. The number of aromatic nitrogens is 2. The number of carbonyl (C=O) groups is 1. The fourth-order valence-corrected chi connectivity index (χ4v) is 3.78. The van der Waals surface area contributed by atoms with E-state index < -0.39 is 0 Å². The second-order valence-corrected chi connectivity index (χ2v) is 7.74. The number of hydrogen-bond donors (Lipinski definition) is 1. The number of carbonyl (C=O) groups excluding carboxylic acids is 1. The minimum atomic E-state index is -0.0965. The molecule has 2 heterocycles. The number of ether oxygens (including phenoxy) is 1. The monoisotopic (exact) mass is 406 g/mol. The molecule has 1 unspecified atom stereocenters. The van der Waals surface area contributed by atoms with Crippen molar-refractivity contribution in [1.29, 1.82) is 0 Å². The van der Waals surface area contributed by atoms with Gasteiger partial charge < -0.3 is 19.5 Å². The van der Waals surface area contributed by atoms with Gasteiger partial charge in [0.2, 0.25) is 0 Å². The molecule has 7 nitrogen and oxygen atoms in total. The summed E-state index contributed by atoms with van der Waals surface area (Å²) in [6, 6.07) is 15.5. The first-order valence-electron chi connectivity index (χ1n) is 10.2. The number of hydrogen-bond acceptors (Lipinski definition) is 5. The quantitative estimate of drug-likeness (QED) is 0.666. The number of urea groups is 1. The van der Waals surface area contributed by atoms with Crippen molar-refractivity contribution >= 4 is 11.7 Å². The van der Waals surface area contributed by atoms with Gasteiger partial charge in [-0.15, -0.1) is 0 Å². The minimum absolute atomic E-state index is 0.0537. The highest BCUT2D eigenvalue weighted by Crippen LogP contribution is 2.26. The van der Waals surface area contributed by atoms with Crippen LogP contribution in [0.5, 0.6) is 5.75 Å². The lowest BCUT2D eigenvalue weighted by Gasteiger charge is -2.31. The molecule has 0 bridgehead atoms. The predicted molar refractivity (Wildman–Crippen MR) is 114 cm³/mol. The molecule has 2 aromatic carbocycles. The van der Waals surface area contributed by atoms with Crippen LogP contribution in [-0.2, 0) is 6.61 Å². The normalized spacial score (nSPS) is 16.3. The van der Waals surface area contributed by atoms with E-state index in [1.54, 1.807) is 0 Å². The van der Waals surface area contributed by atoms with Crippen molar-refractivity contribution in [2.45, 2.75) is 39.2 Å². The Morgan fingerprint density at radius 1 is 1.20 bits per heavy atom. The Bertz CT molecular complexity index is 982. The molecule has 0 saturated carbocycles. The largest absolute Gasteiger partial charge is 0.484 e. The van der Waals surface area contributed by atoms with E-state index in [2.05, 4.69) is 21.5 Å². The number of amides is 2. The number of nitrogens with zero attached hydrogens (tertiary/aromatic N) is 3. The van der Waals surface area contributed by atoms with E-state index in [9.17, 15) is 4.79 Å². The van der Waals surface area contributed by atoms with Crippen LogP contribution in [0.15, 0.2) is 53.1 Å². The molecule has 0 aliphatic carbocycles. The maximum absolute atomic E-state index is 12.8. The molecule has 3 aromatic rings. The topological polar surface area (TPSA) is 80.5 Å². The fraction of sp³-hybridized carbons (Fsp3) is 0.348. The SMILES string of the molecule is Cc1cc(C)cc(NC(=O)N2CCCC(c3noc(COc4ccccc4)n3)C2)c1. The Balaban J connectivity index is 1.35. The molecule has 1 aliphatic heterocycles. The molecule has 1 saturated heterocycles. The van der Waals surface area contributed by atoms with E-state index in [1.165, 1.54) is 0 Å². The van der Waals surface area contributed by atoms with E-state index in [-0.39, 0.29) is 18.6 Å². The van der Waals surface area contributed by atoms with Crippen LogP contribution in [0.25, 0.3) is 0 Å². The van der Waals surface area contributed by atoms with Crippen LogP contribution >= 0.6 is 0 Å². The van der Waals surface area contributed by atoms with Gasteiger partial charge in [-0.1, -0.05) is 29.4 Å². The average molecular weight is 406 g/mol. The van der Waals surface area contributed by atoms with Crippen LogP contribution < -0.4 is 10.1 Å². The summed E-state index contributed by atoms with van der Waals surface area (Å²) < 4.78 is 11.0. The summed E-state index contributed by atoms with van der Waals surface area (Å²) in [5.41, 5.74) is 3.07. The zero-order valence-corrected chi connectivity index (χ0v) is 17.3. The van der Waals surface area contributed by atoms with Crippen molar-refractivity contribution in [3.63, 3.8) is 0 Å². The predicted octanol–water partition coefficient (Wildman–Crippen LogP) is 4.68. The smallest absolute Gasteiger partial charge is 0.321 e. The van der Waals surface area contributed by atoms with E-state index in [4.69, 9.17) is 9.26 Å². The first-order valence-corrected chi connectivity index (χ1v) is 10.2. The molecule has 1 N–H and O–H groups in total. The number of para-hydroxylation sites is 1. The van der Waals surface area contributed by atoms with E-state index in [0.29, 0.717) is 18.3 Å². The third-order valence-corrected chi connectivity index (χ3v) is 5.14. The third-order valence-electron chi connectivity index (χ3n) is 5.14. The Labute approximate surface area is 176 Å². The molecule has 1 fully saturated rings. The summed E-state index contributed by atoms with van der Waals surface area (Å²) in [4.78, 5) is 19.1. The first-order chi connectivity index (χ1) is 14.6. The number of nitrogens with one attached hydrogen (secondary N) is 1. The van der Waals surface area contributed by atoms with Crippen LogP contribution in [0.2, 0.25) is 0 Å². The summed E-state index contributed by atoms with van der Waals surface area (Å²) in [5, 5.41) is 7.14. The molecule has 4 rings (SSSR count). The highest BCUT2D eigenvalue weighted by atomic mass is 16.5. The number of rotatable bonds is 5. The number of aryl methyl sites for hydroxylation is 2. The number of anilines is 1. The van der Waals surface area contributed by atoms with Crippen molar-refractivity contribution < 1.29 is 14.1 Å². The second-order valence-electron chi connectivity index (χ2n) is 7.74. The molecule has 1 aliphatic rings. The van der Waals surface area contributed by atoms with Gasteiger partial charge in [-0.3, -0.25) is 0 Å². The highest BCUT2D eigenvalue weighted by Gasteiger charge is 2.28. The summed E-state index contributed by atoms with van der Waals surface area (Å²) in [6.45, 7) is 5.55. The molecule has 1 aromatic heterocycles. The molecule has 0 radical (unpaired) electrons. The van der Waals surface area contributed by atoms with Crippen LogP contribution in [0.4, 0.5) is 10.5 Å². The lowest BCUT2D eigenvalue weighted by Crippen LogP contribution is -2.41. The molecule has 30 heavy (non-hydrogen) atoms. The van der Waals surface area contributed by atoms with Crippen molar-refractivity contribution in [3.05, 3.63) is 71.4 Å². The molecule has 156 valence electrons. The van der Waals surface area contributed by atoms with Gasteiger partial charge in [0.25, 0.3) is 5.89 Å². The van der Waals surface area contributed by atoms with Gasteiger partial charge in [0.15, 0.2) is 12.4 Å². The van der Waals surface area contributed by atoms with Crippen molar-refractivity contribution in [2.75, 3.05) is 18.4 Å². The maximum Gasteiger partial charge on any atom is 0.321 e. The lowest BCUT2D eigenvalue weighted by molar-refractivity contribution is 0.190. The van der Waals surface area contributed by atoms with Gasteiger partial charge in [0.05, 0.1) is 0 Å². The van der Waals surface area contributed by atoms with Gasteiger partial charge in [-0.05, 0) is 62.1 Å². The Morgan fingerprint density at radius 3 is 2.73 bits per heavy atom. The van der Waals surface area contributed by atoms with Crippen molar-refractivity contribution in [3.8, 4) is 5.75 Å². The second kappa shape index (κ2) is 8.98. The van der Waals surface area contributed by atoms with E-state index >= 15 is 0 Å². The summed E-state index contributed by atoms with van der Waals surface area (Å²) >= 11 is 0. The summed E-state index contributed by atoms with van der Waals surface area (Å²) in [7, 11) is 0. The van der Waals surface area contributed by atoms with Crippen molar-refractivity contribution in [1.82, 2.24) is 15.0 Å². The van der Waals surface area contributed by atoms with Gasteiger partial charge >= 0.3 is 6.03 Å². The zero-order valence-electron chi connectivity index (χ0n) is 17.3. The summed E-state index contributed by atoms with van der Waals surface area (Å²) in [5.74, 6) is 1.87. The van der Waals surface area contributed by atoms with Crippen LogP contribution in [0, 0.1) is 13.8 Å². The molecule has 1 atom stereocenters. The molecular formula is C23H26N4O3. The lowest BCUT2D eigenvalue weighted by atomic mass is 9.97. The Morgan fingerprint density at radius 2 is 1.97 bits per heavy atom. The van der Waals surface area contributed by atoms with Gasteiger partial charge in [-0.25, -0.2) is 4.79 Å². The number of benzene rings is 2. The van der Waals surface area contributed by atoms with Gasteiger partial charge in [0.1, 0.15) is 5.75 Å².